The van der Waals surface area contributed by atoms with E-state index in [1.165, 1.54) is 18.5 Å². The molecular formula is C15H18F2N4. The van der Waals surface area contributed by atoms with Crippen LogP contribution < -0.4 is 10.6 Å². The lowest BCUT2D eigenvalue weighted by Crippen LogP contribution is -2.08. The van der Waals surface area contributed by atoms with Crippen LogP contribution in [-0.2, 0) is 6.42 Å². The molecule has 0 radical (unpaired) electrons. The zero-order valence-electron chi connectivity index (χ0n) is 12.1. The first kappa shape index (κ1) is 15.2. The molecule has 0 saturated heterocycles. The Bertz CT molecular complexity index is 596. The Morgan fingerprint density at radius 2 is 1.67 bits per heavy atom. The van der Waals surface area contributed by atoms with E-state index in [1.807, 2.05) is 6.92 Å². The van der Waals surface area contributed by atoms with E-state index in [9.17, 15) is 8.78 Å². The summed E-state index contributed by atoms with van der Waals surface area (Å²) in [6.07, 6.45) is 3.10. The molecule has 2 N–H and O–H groups in total. The lowest BCUT2D eigenvalue weighted by molar-refractivity contribution is 0.584. The average molecular weight is 292 g/mol. The summed E-state index contributed by atoms with van der Waals surface area (Å²) in [5.41, 5.74) is 1.21. The maximum absolute atomic E-state index is 13.2. The predicted octanol–water partition coefficient (Wildman–Crippen LogP) is 3.88. The Morgan fingerprint density at radius 3 is 2.29 bits per heavy atom. The Hall–Kier alpha value is -2.24. The molecule has 1 aromatic carbocycles. The van der Waals surface area contributed by atoms with Crippen LogP contribution in [0.5, 0.6) is 0 Å². The highest BCUT2D eigenvalue weighted by molar-refractivity contribution is 5.64. The summed E-state index contributed by atoms with van der Waals surface area (Å²) in [5.74, 6) is 0.0349. The summed E-state index contributed by atoms with van der Waals surface area (Å²) in [7, 11) is 0. The van der Waals surface area contributed by atoms with E-state index in [1.54, 1.807) is 0 Å². The van der Waals surface area contributed by atoms with Gasteiger partial charge in [0, 0.05) is 23.9 Å². The van der Waals surface area contributed by atoms with Crippen molar-refractivity contribution in [2.24, 2.45) is 0 Å². The van der Waals surface area contributed by atoms with Crippen molar-refractivity contribution in [2.45, 2.75) is 26.7 Å². The zero-order valence-corrected chi connectivity index (χ0v) is 12.1. The van der Waals surface area contributed by atoms with Gasteiger partial charge in [-0.05, 0) is 25.0 Å². The van der Waals surface area contributed by atoms with Gasteiger partial charge in [-0.1, -0.05) is 13.8 Å². The van der Waals surface area contributed by atoms with Gasteiger partial charge in [-0.25, -0.2) is 18.7 Å². The molecule has 0 bridgehead atoms. The van der Waals surface area contributed by atoms with Crippen molar-refractivity contribution in [1.82, 2.24) is 9.97 Å². The van der Waals surface area contributed by atoms with Gasteiger partial charge >= 0.3 is 0 Å². The predicted molar refractivity (Wildman–Crippen MR) is 79.8 cm³/mol. The van der Waals surface area contributed by atoms with E-state index in [0.717, 1.165) is 30.4 Å². The van der Waals surface area contributed by atoms with E-state index >= 15 is 0 Å². The minimum absolute atomic E-state index is 0.322. The van der Waals surface area contributed by atoms with Crippen molar-refractivity contribution in [3.8, 4) is 0 Å². The number of nitrogens with zero attached hydrogens (tertiary/aromatic N) is 2. The Kier molecular flexibility index (Phi) is 5.03. The van der Waals surface area contributed by atoms with Crippen molar-refractivity contribution in [1.29, 1.82) is 0 Å². The van der Waals surface area contributed by atoms with Crippen molar-refractivity contribution in [3.63, 3.8) is 0 Å². The molecule has 0 amide bonds. The zero-order chi connectivity index (χ0) is 15.2. The van der Waals surface area contributed by atoms with Crippen molar-refractivity contribution >= 4 is 17.3 Å². The van der Waals surface area contributed by atoms with E-state index in [2.05, 4.69) is 27.5 Å². The van der Waals surface area contributed by atoms with E-state index in [0.29, 0.717) is 17.9 Å². The third-order valence-electron chi connectivity index (χ3n) is 2.97. The number of halogens is 2. The second-order valence-electron chi connectivity index (χ2n) is 4.61. The molecule has 112 valence electrons. The van der Waals surface area contributed by atoms with Crippen LogP contribution in [0.2, 0.25) is 0 Å². The maximum Gasteiger partial charge on any atom is 0.139 e. The lowest BCUT2D eigenvalue weighted by Gasteiger charge is -2.14. The van der Waals surface area contributed by atoms with Gasteiger partial charge in [0.1, 0.15) is 29.6 Å². The van der Waals surface area contributed by atoms with Gasteiger partial charge < -0.3 is 10.6 Å². The highest BCUT2D eigenvalue weighted by atomic mass is 19.1. The Balaban J connectivity index is 2.30. The lowest BCUT2D eigenvalue weighted by atomic mass is 10.2. The molecule has 21 heavy (non-hydrogen) atoms. The van der Waals surface area contributed by atoms with Crippen LogP contribution >= 0.6 is 0 Å². The van der Waals surface area contributed by atoms with E-state index < -0.39 is 11.6 Å². The molecule has 0 spiro atoms. The molecule has 0 aliphatic carbocycles. The normalized spacial score (nSPS) is 10.5. The molecule has 0 atom stereocenters. The van der Waals surface area contributed by atoms with Gasteiger partial charge in [0.15, 0.2) is 0 Å². The SMILES string of the molecule is CCCNc1ncnc(Nc2cc(F)cc(F)c2)c1CC. The molecule has 1 heterocycles. The van der Waals surface area contributed by atoms with Crippen LogP contribution in [-0.4, -0.2) is 16.5 Å². The molecule has 2 aromatic rings. The summed E-state index contributed by atoms with van der Waals surface area (Å²) in [6, 6.07) is 3.29. The monoisotopic (exact) mass is 292 g/mol. The molecule has 4 nitrogen and oxygen atoms in total. The Morgan fingerprint density at radius 1 is 1.00 bits per heavy atom. The van der Waals surface area contributed by atoms with Gasteiger partial charge in [0.05, 0.1) is 0 Å². The fourth-order valence-corrected chi connectivity index (χ4v) is 2.01. The minimum atomic E-state index is -0.631. The van der Waals surface area contributed by atoms with E-state index in [4.69, 9.17) is 0 Å². The van der Waals surface area contributed by atoms with Gasteiger partial charge in [0.2, 0.25) is 0 Å². The largest absolute Gasteiger partial charge is 0.370 e. The maximum atomic E-state index is 13.2. The summed E-state index contributed by atoms with van der Waals surface area (Å²) in [4.78, 5) is 8.38. The molecule has 0 fully saturated rings. The number of anilines is 3. The highest BCUT2D eigenvalue weighted by Gasteiger charge is 2.10. The Labute approximate surface area is 122 Å². The van der Waals surface area contributed by atoms with Gasteiger partial charge in [-0.3, -0.25) is 0 Å². The molecule has 2 rings (SSSR count). The topological polar surface area (TPSA) is 49.8 Å². The van der Waals surface area contributed by atoms with Crippen LogP contribution in [0.3, 0.4) is 0 Å². The number of hydrogen-bond donors (Lipinski definition) is 2. The van der Waals surface area contributed by atoms with Crippen LogP contribution in [0.4, 0.5) is 26.1 Å². The minimum Gasteiger partial charge on any atom is -0.370 e. The molecule has 0 unspecified atom stereocenters. The first-order valence-electron chi connectivity index (χ1n) is 6.94. The third-order valence-corrected chi connectivity index (χ3v) is 2.97. The second kappa shape index (κ2) is 6.97. The van der Waals surface area contributed by atoms with Crippen LogP contribution in [0, 0.1) is 11.6 Å². The van der Waals surface area contributed by atoms with E-state index in [-0.39, 0.29) is 0 Å². The van der Waals surface area contributed by atoms with Gasteiger partial charge in [0.25, 0.3) is 0 Å². The van der Waals surface area contributed by atoms with Gasteiger partial charge in [-0.15, -0.1) is 0 Å². The molecular weight excluding hydrogens is 274 g/mol. The fourth-order valence-electron chi connectivity index (χ4n) is 2.01. The first-order valence-corrected chi connectivity index (χ1v) is 6.94. The third kappa shape index (κ3) is 3.87. The first-order chi connectivity index (χ1) is 10.1. The van der Waals surface area contributed by atoms with Crippen LogP contribution in [0.1, 0.15) is 25.8 Å². The van der Waals surface area contributed by atoms with Crippen molar-refractivity contribution in [2.75, 3.05) is 17.2 Å². The molecule has 0 aliphatic heterocycles. The number of hydrogen-bond acceptors (Lipinski definition) is 4. The number of nitrogens with one attached hydrogen (secondary N) is 2. The summed E-state index contributed by atoms with van der Waals surface area (Å²) in [5, 5.41) is 6.17. The smallest absolute Gasteiger partial charge is 0.139 e. The number of rotatable bonds is 6. The molecule has 0 saturated carbocycles. The molecule has 0 aliphatic rings. The van der Waals surface area contributed by atoms with Crippen molar-refractivity contribution in [3.05, 3.63) is 41.7 Å². The molecule has 1 aromatic heterocycles. The van der Waals surface area contributed by atoms with Crippen LogP contribution in [0.25, 0.3) is 0 Å². The summed E-state index contributed by atoms with van der Waals surface area (Å²) >= 11 is 0. The molecule has 6 heteroatoms. The summed E-state index contributed by atoms with van der Waals surface area (Å²) < 4.78 is 26.5. The number of benzene rings is 1. The van der Waals surface area contributed by atoms with Crippen molar-refractivity contribution < 1.29 is 8.78 Å². The van der Waals surface area contributed by atoms with Gasteiger partial charge in [-0.2, -0.15) is 0 Å². The highest BCUT2D eigenvalue weighted by Crippen LogP contribution is 2.24. The summed E-state index contributed by atoms with van der Waals surface area (Å²) in [6.45, 7) is 4.85. The number of aromatic nitrogens is 2. The second-order valence-corrected chi connectivity index (χ2v) is 4.61. The van der Waals surface area contributed by atoms with Crippen LogP contribution in [0.15, 0.2) is 24.5 Å². The quantitative estimate of drug-likeness (QED) is 0.848. The standard InChI is InChI=1S/C15H18F2N4/c1-3-5-18-14-13(4-2)15(20-9-19-14)21-12-7-10(16)6-11(17)8-12/h6-9H,3-5H2,1-2H3,(H2,18,19,20,21). The average Bonchev–Trinajstić information content (AvgIpc) is 2.44. The fraction of sp³-hybridized carbons (Fsp3) is 0.333.